The van der Waals surface area contributed by atoms with Crippen molar-refractivity contribution in [3.8, 4) is 11.3 Å². The van der Waals surface area contributed by atoms with Gasteiger partial charge in [-0.2, -0.15) is 0 Å². The molecule has 0 saturated carbocycles. The van der Waals surface area contributed by atoms with Crippen LogP contribution >= 0.6 is 0 Å². The summed E-state index contributed by atoms with van der Waals surface area (Å²) in [4.78, 5) is 84.9. The lowest BCUT2D eigenvalue weighted by Crippen LogP contribution is -2.55. The molecule has 3 aliphatic rings. The van der Waals surface area contributed by atoms with Crippen molar-refractivity contribution >= 4 is 57.0 Å². The first-order valence-corrected chi connectivity index (χ1v) is 20.6. The Morgan fingerprint density at radius 2 is 1.47 bits per heavy atom. The molecule has 8 rings (SSSR count). The summed E-state index contributed by atoms with van der Waals surface area (Å²) >= 11 is 0. The third-order valence-electron chi connectivity index (χ3n) is 12.1. The zero-order valence-corrected chi connectivity index (χ0v) is 34.7. The zero-order valence-electron chi connectivity index (χ0n) is 34.7. The minimum absolute atomic E-state index is 0.124. The number of likely N-dealkylation sites (tertiary alicyclic amines) is 2. The van der Waals surface area contributed by atoms with Gasteiger partial charge in [0.2, 0.25) is 11.8 Å². The first kappa shape index (κ1) is 40.5. The molecular formula is C43H52N10O7. The highest BCUT2D eigenvalue weighted by Crippen LogP contribution is 2.34. The summed E-state index contributed by atoms with van der Waals surface area (Å²) < 4.78 is 11.2. The molecule has 3 aliphatic heterocycles. The van der Waals surface area contributed by atoms with Gasteiger partial charge in [-0.3, -0.25) is 24.3 Å². The zero-order chi connectivity index (χ0) is 42.4. The van der Waals surface area contributed by atoms with E-state index in [1.165, 1.54) is 14.2 Å². The van der Waals surface area contributed by atoms with Crippen LogP contribution in [0.1, 0.15) is 70.8 Å². The summed E-state index contributed by atoms with van der Waals surface area (Å²) in [5.74, 6) is 0.0985. The molecule has 0 aliphatic carbocycles. The van der Waals surface area contributed by atoms with E-state index in [-0.39, 0.29) is 47.6 Å². The van der Waals surface area contributed by atoms with E-state index in [4.69, 9.17) is 19.5 Å². The molecule has 5 unspecified atom stereocenters. The fourth-order valence-electron chi connectivity index (χ4n) is 9.00. The molecule has 2 saturated heterocycles. The third kappa shape index (κ3) is 7.46. The van der Waals surface area contributed by atoms with Gasteiger partial charge in [0.1, 0.15) is 24.1 Å². The number of alkyl carbamates (subject to hydrolysis) is 2. The number of fused-ring (bicyclic) bond motifs is 5. The van der Waals surface area contributed by atoms with Crippen molar-refractivity contribution in [3.63, 3.8) is 0 Å². The van der Waals surface area contributed by atoms with E-state index in [1.807, 2.05) is 75.1 Å². The molecule has 5 aromatic rings. The number of aromatic nitrogens is 4. The number of carbonyl (C=O) groups is 4. The molecule has 60 heavy (non-hydrogen) atoms. The maximum absolute atomic E-state index is 13.7. The van der Waals surface area contributed by atoms with Gasteiger partial charge in [0.05, 0.1) is 60.5 Å². The number of aliphatic imine (C=N–C) groups is 1. The Kier molecular flexibility index (Phi) is 11.1. The number of imidazole rings is 1. The van der Waals surface area contributed by atoms with Crippen LogP contribution in [0.4, 0.5) is 9.59 Å². The molecule has 316 valence electrons. The number of methoxy groups -OCH3 is 2. The summed E-state index contributed by atoms with van der Waals surface area (Å²) in [6, 6.07) is 12.0. The predicted molar refractivity (Wildman–Crippen MR) is 226 cm³/mol. The number of nitrogens with one attached hydrogen (secondary N) is 5. The topological polar surface area (TPSA) is 208 Å². The van der Waals surface area contributed by atoms with Gasteiger partial charge in [-0.25, -0.2) is 19.4 Å². The van der Waals surface area contributed by atoms with Gasteiger partial charge < -0.3 is 39.9 Å². The molecule has 0 spiro atoms. The van der Waals surface area contributed by atoms with Crippen molar-refractivity contribution in [3.05, 3.63) is 70.5 Å². The Balaban J connectivity index is 1.03. The van der Waals surface area contributed by atoms with Crippen molar-refractivity contribution in [2.75, 3.05) is 33.9 Å². The molecule has 3 aromatic heterocycles. The average molecular weight is 821 g/mol. The first-order valence-electron chi connectivity index (χ1n) is 20.6. The molecule has 0 bridgehead atoms. The Labute approximate surface area is 346 Å². The molecule has 5 N–H and O–H groups in total. The number of rotatable bonds is 10. The van der Waals surface area contributed by atoms with Crippen LogP contribution in [0.15, 0.2) is 58.4 Å². The van der Waals surface area contributed by atoms with E-state index < -0.39 is 24.3 Å². The van der Waals surface area contributed by atoms with E-state index >= 15 is 0 Å². The van der Waals surface area contributed by atoms with Gasteiger partial charge >= 0.3 is 17.9 Å². The number of hydrogen-bond acceptors (Lipinski definition) is 10. The van der Waals surface area contributed by atoms with Crippen molar-refractivity contribution in [2.24, 2.45) is 16.8 Å². The molecule has 4 amide bonds. The Bertz CT molecular complexity index is 2570. The van der Waals surface area contributed by atoms with Crippen molar-refractivity contribution in [1.82, 2.24) is 45.1 Å². The quantitative estimate of drug-likeness (QED) is 0.135. The van der Waals surface area contributed by atoms with E-state index in [1.54, 1.807) is 15.5 Å². The standard InChI is InChI=1S/C43H52N10O7/c1-22(2)35(49-42(57)59-5)39(54)51-15-7-9-32(51)37-44-20-29(46-37)24-12-14-31-26(17-24)19-34-27-13-11-25(18-28(27)48-41(56)53(31)34)30-21-45-38(47-30)33-10-8-16-52(33)40(55)36(23(3)4)50-43(58)60-6/h11-14,17-20,22-23,32-33,35-36,38,45H,7-10,15-16,21H2,1-6H3,(H,44,46)(H,48,56)(H,49,57)(H,50,58). The largest absolute Gasteiger partial charge is 0.453 e. The molecule has 2 aromatic carbocycles. The summed E-state index contributed by atoms with van der Waals surface area (Å²) in [7, 11) is 2.56. The first-order chi connectivity index (χ1) is 28.9. The second kappa shape index (κ2) is 16.4. The van der Waals surface area contributed by atoms with Crippen LogP contribution in [0.3, 0.4) is 0 Å². The highest BCUT2D eigenvalue weighted by molar-refractivity contribution is 6.08. The summed E-state index contributed by atoms with van der Waals surface area (Å²) in [5, 5.41) is 10.6. The van der Waals surface area contributed by atoms with Crippen LogP contribution < -0.4 is 21.6 Å². The van der Waals surface area contributed by atoms with Crippen LogP contribution in [0.5, 0.6) is 0 Å². The second-order valence-electron chi connectivity index (χ2n) is 16.6. The average Bonchev–Trinajstić information content (AvgIpc) is 4.09. The number of benzene rings is 2. The minimum atomic E-state index is -0.722. The SMILES string of the molecule is COC(=O)NC(C(=O)N1CCCC1c1ncc(-c2ccc3c(c2)cc2c4ccc(C5=NC(C6CCCN6C(=O)C(NC(=O)OC)C(C)C)NC5)cc4[nH]c(=O)n32)[nH]1)C(C)C. The van der Waals surface area contributed by atoms with Gasteiger partial charge in [0.25, 0.3) is 0 Å². The molecule has 2 fully saturated rings. The molecule has 17 nitrogen and oxygen atoms in total. The predicted octanol–water partition coefficient (Wildman–Crippen LogP) is 4.46. The third-order valence-corrected chi connectivity index (χ3v) is 12.1. The van der Waals surface area contributed by atoms with Crippen LogP contribution in [-0.4, -0.2) is 117 Å². The summed E-state index contributed by atoms with van der Waals surface area (Å²) in [6.07, 6.45) is 3.35. The maximum Gasteiger partial charge on any atom is 0.407 e. The van der Waals surface area contributed by atoms with Crippen LogP contribution in [0, 0.1) is 11.8 Å². The van der Waals surface area contributed by atoms with Crippen molar-refractivity contribution < 1.29 is 28.7 Å². The van der Waals surface area contributed by atoms with Crippen molar-refractivity contribution in [2.45, 2.75) is 83.7 Å². The van der Waals surface area contributed by atoms with E-state index in [0.717, 1.165) is 70.0 Å². The smallest absolute Gasteiger partial charge is 0.407 e. The summed E-state index contributed by atoms with van der Waals surface area (Å²) in [6.45, 7) is 9.21. The molecule has 17 heteroatoms. The Morgan fingerprint density at radius 1 is 0.800 bits per heavy atom. The summed E-state index contributed by atoms with van der Waals surface area (Å²) in [5.41, 5.74) is 5.31. The number of amides is 4. The van der Waals surface area contributed by atoms with Crippen molar-refractivity contribution in [1.29, 1.82) is 0 Å². The Hall–Kier alpha value is -6.23. The fraction of sp³-hybridized carbons (Fsp3) is 0.465. The molecular weight excluding hydrogens is 769 g/mol. The number of carbonyl (C=O) groups excluding carboxylic acids is 4. The molecule has 5 atom stereocenters. The highest BCUT2D eigenvalue weighted by Gasteiger charge is 2.41. The maximum atomic E-state index is 13.7. The normalized spacial score (nSPS) is 20.3. The van der Waals surface area contributed by atoms with Gasteiger partial charge in [0, 0.05) is 36.0 Å². The number of ether oxygens (including phenoxy) is 2. The number of hydrogen-bond donors (Lipinski definition) is 5. The molecule has 6 heterocycles. The van der Waals surface area contributed by atoms with E-state index in [0.29, 0.717) is 31.0 Å². The van der Waals surface area contributed by atoms with Gasteiger partial charge in [0.15, 0.2) is 0 Å². The highest BCUT2D eigenvalue weighted by atomic mass is 16.5. The van der Waals surface area contributed by atoms with Gasteiger partial charge in [-0.15, -0.1) is 0 Å². The number of aromatic amines is 2. The Morgan fingerprint density at radius 3 is 2.17 bits per heavy atom. The number of H-pyrrole nitrogens is 2. The minimum Gasteiger partial charge on any atom is -0.453 e. The van der Waals surface area contributed by atoms with Gasteiger partial charge in [-0.1, -0.05) is 45.9 Å². The van der Waals surface area contributed by atoms with E-state index in [2.05, 4.69) is 25.9 Å². The van der Waals surface area contributed by atoms with Crippen LogP contribution in [0.2, 0.25) is 0 Å². The monoisotopic (exact) mass is 820 g/mol. The van der Waals surface area contributed by atoms with Crippen LogP contribution in [-0.2, 0) is 19.1 Å². The lowest BCUT2D eigenvalue weighted by Gasteiger charge is -2.32. The van der Waals surface area contributed by atoms with Gasteiger partial charge in [-0.05, 0) is 67.3 Å². The molecule has 0 radical (unpaired) electrons. The fourth-order valence-corrected chi connectivity index (χ4v) is 9.00. The van der Waals surface area contributed by atoms with E-state index in [9.17, 15) is 24.0 Å². The number of nitrogens with zero attached hydrogens (tertiary/aromatic N) is 5. The lowest BCUT2D eigenvalue weighted by molar-refractivity contribution is -0.136. The second-order valence-corrected chi connectivity index (χ2v) is 16.6. The lowest BCUT2D eigenvalue weighted by atomic mass is 10.0. The van der Waals surface area contributed by atoms with Crippen LogP contribution in [0.25, 0.3) is 38.6 Å².